The maximum atomic E-state index is 5.05. The van der Waals surface area contributed by atoms with E-state index in [2.05, 4.69) is 26.9 Å². The molecular formula is C12H18N4O. The van der Waals surface area contributed by atoms with Gasteiger partial charge in [0.25, 0.3) is 0 Å². The quantitative estimate of drug-likeness (QED) is 0.773. The number of aromatic nitrogens is 3. The van der Waals surface area contributed by atoms with Crippen LogP contribution in [-0.4, -0.2) is 21.3 Å². The SMILES string of the molecule is CCCNCc1nccn1Cc1cc(C)on1. The van der Waals surface area contributed by atoms with E-state index in [4.69, 9.17) is 4.52 Å². The molecule has 1 N–H and O–H groups in total. The van der Waals surface area contributed by atoms with Gasteiger partial charge in [0.05, 0.1) is 13.1 Å². The van der Waals surface area contributed by atoms with Gasteiger partial charge in [0.2, 0.25) is 0 Å². The van der Waals surface area contributed by atoms with Crippen molar-refractivity contribution in [2.45, 2.75) is 33.4 Å². The number of nitrogens with zero attached hydrogens (tertiary/aromatic N) is 3. The van der Waals surface area contributed by atoms with Crippen LogP contribution in [0.2, 0.25) is 0 Å². The third-order valence-corrected chi connectivity index (χ3v) is 2.52. The maximum absolute atomic E-state index is 5.05. The van der Waals surface area contributed by atoms with Crippen molar-refractivity contribution in [1.82, 2.24) is 20.0 Å². The number of rotatable bonds is 6. The molecule has 0 aromatic carbocycles. The summed E-state index contributed by atoms with van der Waals surface area (Å²) in [6.07, 6.45) is 4.91. The lowest BCUT2D eigenvalue weighted by atomic mass is 10.3. The van der Waals surface area contributed by atoms with Crippen LogP contribution in [-0.2, 0) is 13.1 Å². The van der Waals surface area contributed by atoms with E-state index < -0.39 is 0 Å². The van der Waals surface area contributed by atoms with Gasteiger partial charge in [0.1, 0.15) is 17.3 Å². The average Bonchev–Trinajstić information content (AvgIpc) is 2.90. The molecule has 0 fully saturated rings. The van der Waals surface area contributed by atoms with E-state index in [1.807, 2.05) is 25.4 Å². The molecule has 0 atom stereocenters. The summed E-state index contributed by atoms with van der Waals surface area (Å²) < 4.78 is 7.14. The van der Waals surface area contributed by atoms with Crippen LogP contribution in [0, 0.1) is 6.92 Å². The summed E-state index contributed by atoms with van der Waals surface area (Å²) in [6.45, 7) is 6.56. The van der Waals surface area contributed by atoms with Crippen molar-refractivity contribution in [2.24, 2.45) is 0 Å². The van der Waals surface area contributed by atoms with Crippen molar-refractivity contribution >= 4 is 0 Å². The fourth-order valence-corrected chi connectivity index (χ4v) is 1.70. The summed E-state index contributed by atoms with van der Waals surface area (Å²) in [7, 11) is 0. The van der Waals surface area contributed by atoms with Crippen LogP contribution in [0.15, 0.2) is 23.0 Å². The highest BCUT2D eigenvalue weighted by Gasteiger charge is 2.05. The van der Waals surface area contributed by atoms with E-state index in [-0.39, 0.29) is 0 Å². The molecule has 2 aromatic heterocycles. The molecule has 2 heterocycles. The third-order valence-electron chi connectivity index (χ3n) is 2.52. The van der Waals surface area contributed by atoms with Crippen LogP contribution in [0.25, 0.3) is 0 Å². The average molecular weight is 234 g/mol. The van der Waals surface area contributed by atoms with Gasteiger partial charge in [0.15, 0.2) is 0 Å². The second kappa shape index (κ2) is 5.63. The first-order valence-corrected chi connectivity index (χ1v) is 5.92. The van der Waals surface area contributed by atoms with Gasteiger partial charge in [-0.2, -0.15) is 0 Å². The second-order valence-corrected chi connectivity index (χ2v) is 4.08. The predicted molar refractivity (Wildman–Crippen MR) is 64.6 cm³/mol. The Labute approximate surface area is 101 Å². The molecule has 92 valence electrons. The highest BCUT2D eigenvalue weighted by atomic mass is 16.5. The van der Waals surface area contributed by atoms with Crippen molar-refractivity contribution in [2.75, 3.05) is 6.54 Å². The molecule has 0 unspecified atom stereocenters. The Balaban J connectivity index is 1.98. The fraction of sp³-hybridized carbons (Fsp3) is 0.500. The van der Waals surface area contributed by atoms with Crippen molar-refractivity contribution in [1.29, 1.82) is 0 Å². The Morgan fingerprint density at radius 3 is 3.06 bits per heavy atom. The van der Waals surface area contributed by atoms with Crippen molar-refractivity contribution in [3.63, 3.8) is 0 Å². The van der Waals surface area contributed by atoms with Crippen LogP contribution < -0.4 is 5.32 Å². The monoisotopic (exact) mass is 234 g/mol. The normalized spacial score (nSPS) is 10.9. The van der Waals surface area contributed by atoms with E-state index in [1.165, 1.54) is 0 Å². The minimum atomic E-state index is 0.709. The van der Waals surface area contributed by atoms with Gasteiger partial charge >= 0.3 is 0 Å². The van der Waals surface area contributed by atoms with Crippen LogP contribution in [0.4, 0.5) is 0 Å². The van der Waals surface area contributed by atoms with E-state index in [9.17, 15) is 0 Å². The van der Waals surface area contributed by atoms with Crippen LogP contribution in [0.5, 0.6) is 0 Å². The molecule has 0 aliphatic carbocycles. The molecule has 0 amide bonds. The van der Waals surface area contributed by atoms with Crippen molar-refractivity contribution in [3.8, 4) is 0 Å². The van der Waals surface area contributed by atoms with Gasteiger partial charge in [-0.05, 0) is 19.9 Å². The van der Waals surface area contributed by atoms with Crippen LogP contribution in [0.3, 0.4) is 0 Å². The molecule has 0 aliphatic heterocycles. The molecule has 0 bridgehead atoms. The first kappa shape index (κ1) is 11.9. The minimum absolute atomic E-state index is 0.709. The first-order valence-electron chi connectivity index (χ1n) is 5.92. The van der Waals surface area contributed by atoms with E-state index >= 15 is 0 Å². The summed E-state index contributed by atoms with van der Waals surface area (Å²) in [5, 5.41) is 7.33. The summed E-state index contributed by atoms with van der Waals surface area (Å²) in [5.41, 5.74) is 0.928. The van der Waals surface area contributed by atoms with Gasteiger partial charge in [-0.25, -0.2) is 4.98 Å². The molecule has 0 radical (unpaired) electrons. The molecule has 0 saturated heterocycles. The summed E-state index contributed by atoms with van der Waals surface area (Å²) in [4.78, 5) is 4.33. The molecule has 0 saturated carbocycles. The molecule has 5 nitrogen and oxygen atoms in total. The maximum Gasteiger partial charge on any atom is 0.133 e. The highest BCUT2D eigenvalue weighted by molar-refractivity contribution is 5.06. The summed E-state index contributed by atoms with van der Waals surface area (Å²) in [6, 6.07) is 1.95. The molecule has 2 aromatic rings. The zero-order valence-electron chi connectivity index (χ0n) is 10.3. The predicted octanol–water partition coefficient (Wildman–Crippen LogP) is 1.73. The number of nitrogens with one attached hydrogen (secondary N) is 1. The molecule has 2 rings (SSSR count). The molecule has 17 heavy (non-hydrogen) atoms. The smallest absolute Gasteiger partial charge is 0.133 e. The summed E-state index contributed by atoms with van der Waals surface area (Å²) in [5.74, 6) is 1.87. The fourth-order valence-electron chi connectivity index (χ4n) is 1.70. The Bertz CT molecular complexity index is 461. The Hall–Kier alpha value is -1.62. The molecular weight excluding hydrogens is 216 g/mol. The minimum Gasteiger partial charge on any atom is -0.361 e. The van der Waals surface area contributed by atoms with Crippen LogP contribution in [0.1, 0.15) is 30.6 Å². The largest absolute Gasteiger partial charge is 0.361 e. The lowest BCUT2D eigenvalue weighted by Gasteiger charge is -2.06. The van der Waals surface area contributed by atoms with Gasteiger partial charge in [-0.3, -0.25) is 0 Å². The molecule has 0 aliphatic rings. The van der Waals surface area contributed by atoms with Crippen LogP contribution >= 0.6 is 0 Å². The lowest BCUT2D eigenvalue weighted by molar-refractivity contribution is 0.388. The Kier molecular flexibility index (Phi) is 3.93. The lowest BCUT2D eigenvalue weighted by Crippen LogP contribution is -2.18. The number of hydrogen-bond donors (Lipinski definition) is 1. The van der Waals surface area contributed by atoms with E-state index in [1.54, 1.807) is 0 Å². The number of hydrogen-bond acceptors (Lipinski definition) is 4. The molecule has 5 heteroatoms. The van der Waals surface area contributed by atoms with Crippen molar-refractivity contribution in [3.05, 3.63) is 35.7 Å². The standard InChI is InChI=1S/C12H18N4O/c1-3-4-13-8-12-14-5-6-16(12)9-11-7-10(2)17-15-11/h5-7,13H,3-4,8-9H2,1-2H3. The number of aryl methyl sites for hydroxylation is 1. The highest BCUT2D eigenvalue weighted by Crippen LogP contribution is 2.06. The zero-order chi connectivity index (χ0) is 12.1. The molecule has 0 spiro atoms. The van der Waals surface area contributed by atoms with Gasteiger partial charge in [0, 0.05) is 18.5 Å². The van der Waals surface area contributed by atoms with E-state index in [0.717, 1.165) is 36.8 Å². The van der Waals surface area contributed by atoms with Crippen molar-refractivity contribution < 1.29 is 4.52 Å². The van der Waals surface area contributed by atoms with Gasteiger partial charge < -0.3 is 14.4 Å². The summed E-state index contributed by atoms with van der Waals surface area (Å²) >= 11 is 0. The Morgan fingerprint density at radius 1 is 1.47 bits per heavy atom. The number of imidazole rings is 1. The third kappa shape index (κ3) is 3.17. The van der Waals surface area contributed by atoms with E-state index in [0.29, 0.717) is 6.54 Å². The zero-order valence-corrected chi connectivity index (χ0v) is 10.3. The Morgan fingerprint density at radius 2 is 2.35 bits per heavy atom. The van der Waals surface area contributed by atoms with Gasteiger partial charge in [-0.15, -0.1) is 0 Å². The van der Waals surface area contributed by atoms with Gasteiger partial charge in [-0.1, -0.05) is 12.1 Å². The topological polar surface area (TPSA) is 55.9 Å². The first-order chi connectivity index (χ1) is 8.29. The second-order valence-electron chi connectivity index (χ2n) is 4.08.